The fourth-order valence-corrected chi connectivity index (χ4v) is 2.12. The van der Waals surface area contributed by atoms with Gasteiger partial charge < -0.3 is 4.74 Å². The van der Waals surface area contributed by atoms with Gasteiger partial charge in [-0.2, -0.15) is 0 Å². The number of Topliss-reactive ketones (excluding diaryl/α,β-unsaturated/α-hetero) is 1. The normalized spacial score (nSPS) is 12.0. The van der Waals surface area contributed by atoms with Gasteiger partial charge in [-0.3, -0.25) is 4.79 Å². The second kappa shape index (κ2) is 6.01. The van der Waals surface area contributed by atoms with Crippen molar-refractivity contribution in [3.8, 4) is 5.75 Å². The lowest BCUT2D eigenvalue weighted by molar-refractivity contribution is 0.0982. The second-order valence-electron chi connectivity index (χ2n) is 4.11. The van der Waals surface area contributed by atoms with Crippen LogP contribution >= 0.6 is 11.6 Å². The minimum Gasteiger partial charge on any atom is -0.493 e. The average molecular weight is 297 g/mol. The van der Waals surface area contributed by atoms with Crippen molar-refractivity contribution < 1.29 is 18.3 Å². The van der Waals surface area contributed by atoms with Crippen LogP contribution in [0.4, 0.5) is 8.78 Å². The molecule has 0 saturated heterocycles. The van der Waals surface area contributed by atoms with E-state index >= 15 is 0 Å². The van der Waals surface area contributed by atoms with Gasteiger partial charge in [0.25, 0.3) is 0 Å². The Balaban J connectivity index is 2.43. The third-order valence-corrected chi connectivity index (χ3v) is 3.25. The van der Waals surface area contributed by atoms with E-state index in [1.807, 2.05) is 0 Å². The highest BCUT2D eigenvalue weighted by Gasteiger charge is 2.25. The molecule has 0 saturated carbocycles. The van der Waals surface area contributed by atoms with E-state index in [1.165, 1.54) is 7.11 Å². The lowest BCUT2D eigenvalue weighted by atomic mass is 10.0. The Labute approximate surface area is 119 Å². The lowest BCUT2D eigenvalue weighted by Crippen LogP contribution is -2.10. The number of carbonyl (C=O) groups is 1. The van der Waals surface area contributed by atoms with Crippen LogP contribution < -0.4 is 4.74 Å². The first-order valence-electron chi connectivity index (χ1n) is 5.81. The minimum absolute atomic E-state index is 0.214. The first kappa shape index (κ1) is 14.5. The number of ketones is 1. The van der Waals surface area contributed by atoms with E-state index in [2.05, 4.69) is 0 Å². The molecule has 104 valence electrons. The topological polar surface area (TPSA) is 26.3 Å². The summed E-state index contributed by atoms with van der Waals surface area (Å²) in [5, 5.41) is -1.04. The van der Waals surface area contributed by atoms with Gasteiger partial charge in [-0.25, -0.2) is 8.78 Å². The highest BCUT2D eigenvalue weighted by atomic mass is 35.5. The summed E-state index contributed by atoms with van der Waals surface area (Å²) in [7, 11) is 1.21. The zero-order valence-corrected chi connectivity index (χ0v) is 11.3. The molecule has 1 atom stereocenters. The van der Waals surface area contributed by atoms with E-state index in [9.17, 15) is 13.6 Å². The van der Waals surface area contributed by atoms with Crippen LogP contribution in [0.5, 0.6) is 5.75 Å². The van der Waals surface area contributed by atoms with Crippen LogP contribution in [0.2, 0.25) is 0 Å². The fraction of sp³-hybridized carbons (Fsp3) is 0.133. The molecule has 0 aromatic heterocycles. The summed E-state index contributed by atoms with van der Waals surface area (Å²) in [5.74, 6) is -2.72. The predicted molar refractivity (Wildman–Crippen MR) is 72.3 cm³/mol. The van der Waals surface area contributed by atoms with E-state index in [4.69, 9.17) is 16.3 Å². The van der Waals surface area contributed by atoms with Gasteiger partial charge >= 0.3 is 0 Å². The second-order valence-corrected chi connectivity index (χ2v) is 4.54. The number of halogens is 3. The van der Waals surface area contributed by atoms with Gasteiger partial charge in [0, 0.05) is 6.07 Å². The zero-order valence-electron chi connectivity index (χ0n) is 10.6. The molecule has 0 heterocycles. The average Bonchev–Trinajstić information content (AvgIpc) is 2.46. The van der Waals surface area contributed by atoms with Gasteiger partial charge in [0.1, 0.15) is 11.2 Å². The summed E-state index contributed by atoms with van der Waals surface area (Å²) in [6.07, 6.45) is 0. The molecule has 1 unspecified atom stereocenters. The number of methoxy groups -OCH3 is 1. The van der Waals surface area contributed by atoms with Crippen LogP contribution in [0.1, 0.15) is 21.3 Å². The lowest BCUT2D eigenvalue weighted by Gasteiger charge is -2.12. The molecule has 0 fully saturated rings. The van der Waals surface area contributed by atoms with Crippen molar-refractivity contribution >= 4 is 17.4 Å². The summed E-state index contributed by atoms with van der Waals surface area (Å²) >= 11 is 6.07. The van der Waals surface area contributed by atoms with Crippen molar-refractivity contribution in [1.82, 2.24) is 0 Å². The van der Waals surface area contributed by atoms with Crippen molar-refractivity contribution in [3.63, 3.8) is 0 Å². The van der Waals surface area contributed by atoms with E-state index in [-0.39, 0.29) is 11.3 Å². The Morgan fingerprint density at radius 1 is 1.20 bits per heavy atom. The summed E-state index contributed by atoms with van der Waals surface area (Å²) < 4.78 is 31.7. The third kappa shape index (κ3) is 2.80. The molecular formula is C15H11ClF2O2. The van der Waals surface area contributed by atoms with Gasteiger partial charge in [-0.05, 0) is 11.6 Å². The van der Waals surface area contributed by atoms with Gasteiger partial charge in [0.15, 0.2) is 17.3 Å². The quantitative estimate of drug-likeness (QED) is 0.626. The number of hydrogen-bond donors (Lipinski definition) is 0. The highest BCUT2D eigenvalue weighted by molar-refractivity contribution is 6.34. The molecule has 5 heteroatoms. The summed E-state index contributed by atoms with van der Waals surface area (Å²) in [5.41, 5.74) is 0.333. The SMILES string of the molecule is COc1c(F)cc(F)cc1C(=O)C(Cl)c1ccccc1. The molecular weight excluding hydrogens is 286 g/mol. The van der Waals surface area contributed by atoms with Crippen molar-refractivity contribution in [2.75, 3.05) is 7.11 Å². The molecule has 2 nitrogen and oxygen atoms in total. The highest BCUT2D eigenvalue weighted by Crippen LogP contribution is 2.31. The van der Waals surface area contributed by atoms with E-state index in [0.717, 1.165) is 6.07 Å². The van der Waals surface area contributed by atoms with Gasteiger partial charge in [0.2, 0.25) is 0 Å². The standard InChI is InChI=1S/C15H11ClF2O2/c1-20-15-11(7-10(17)8-12(15)18)14(19)13(16)9-5-3-2-4-6-9/h2-8,13H,1H3. The van der Waals surface area contributed by atoms with E-state index in [0.29, 0.717) is 11.6 Å². The molecule has 0 amide bonds. The van der Waals surface area contributed by atoms with Crippen LogP contribution in [0.25, 0.3) is 0 Å². The molecule has 0 aliphatic carbocycles. The predicted octanol–water partition coefficient (Wildman–Crippen LogP) is 4.14. The Morgan fingerprint density at radius 3 is 2.45 bits per heavy atom. The maximum absolute atomic E-state index is 13.6. The minimum atomic E-state index is -1.04. The van der Waals surface area contributed by atoms with Crippen LogP contribution in [-0.2, 0) is 0 Å². The Hall–Kier alpha value is -1.94. The molecule has 0 spiro atoms. The summed E-state index contributed by atoms with van der Waals surface area (Å²) in [6, 6.07) is 10.1. The number of alkyl halides is 1. The molecule has 2 rings (SSSR count). The van der Waals surface area contributed by atoms with E-state index < -0.39 is 22.8 Å². The van der Waals surface area contributed by atoms with Crippen molar-refractivity contribution in [1.29, 1.82) is 0 Å². The molecule has 0 bridgehead atoms. The molecule has 0 N–H and O–H groups in total. The molecule has 0 aliphatic rings. The number of hydrogen-bond acceptors (Lipinski definition) is 2. The number of ether oxygens (including phenoxy) is 1. The largest absolute Gasteiger partial charge is 0.493 e. The Bertz CT molecular complexity index is 629. The molecule has 0 aliphatic heterocycles. The van der Waals surface area contributed by atoms with Crippen molar-refractivity contribution in [3.05, 3.63) is 65.2 Å². The van der Waals surface area contributed by atoms with Crippen LogP contribution in [0.15, 0.2) is 42.5 Å². The Morgan fingerprint density at radius 2 is 1.85 bits per heavy atom. The Kier molecular flexibility index (Phi) is 4.35. The smallest absolute Gasteiger partial charge is 0.189 e. The summed E-state index contributed by atoms with van der Waals surface area (Å²) in [4.78, 5) is 12.3. The third-order valence-electron chi connectivity index (χ3n) is 2.80. The van der Waals surface area contributed by atoms with Crippen molar-refractivity contribution in [2.24, 2.45) is 0 Å². The molecule has 2 aromatic carbocycles. The monoisotopic (exact) mass is 296 g/mol. The van der Waals surface area contributed by atoms with E-state index in [1.54, 1.807) is 30.3 Å². The van der Waals surface area contributed by atoms with Crippen LogP contribution in [-0.4, -0.2) is 12.9 Å². The van der Waals surface area contributed by atoms with Gasteiger partial charge in [-0.1, -0.05) is 30.3 Å². The van der Waals surface area contributed by atoms with Gasteiger partial charge in [-0.15, -0.1) is 11.6 Å². The molecule has 0 radical (unpaired) electrons. The first-order valence-corrected chi connectivity index (χ1v) is 6.24. The molecule has 2 aromatic rings. The fourth-order valence-electron chi connectivity index (χ4n) is 1.86. The number of benzene rings is 2. The van der Waals surface area contributed by atoms with Crippen molar-refractivity contribution in [2.45, 2.75) is 5.38 Å². The zero-order chi connectivity index (χ0) is 14.7. The number of rotatable bonds is 4. The number of carbonyl (C=O) groups excluding carboxylic acids is 1. The first-order chi connectivity index (χ1) is 9.54. The van der Waals surface area contributed by atoms with Gasteiger partial charge in [0.05, 0.1) is 12.7 Å². The summed E-state index contributed by atoms with van der Waals surface area (Å²) in [6.45, 7) is 0. The molecule has 20 heavy (non-hydrogen) atoms. The maximum Gasteiger partial charge on any atom is 0.189 e. The maximum atomic E-state index is 13.6. The van der Waals surface area contributed by atoms with Crippen LogP contribution in [0, 0.1) is 11.6 Å². The van der Waals surface area contributed by atoms with Crippen LogP contribution in [0.3, 0.4) is 0 Å².